The fourth-order valence-electron chi connectivity index (χ4n) is 0.509. The zero-order valence-corrected chi connectivity index (χ0v) is 5.19. The second kappa shape index (κ2) is 5.04. The number of rotatable bonds is 4. The molecule has 0 rings (SSSR count). The standard InChI is InChI=1S/C6H12FO/c1-2-6(7)4-3-5-8/h6H,2-5H2,1H3. The minimum atomic E-state index is -0.746. The largest absolute Gasteiger partial charge is 0.248 e. The van der Waals surface area contributed by atoms with Crippen LogP contribution in [0, 0.1) is 0 Å². The molecule has 0 spiro atoms. The van der Waals surface area contributed by atoms with Gasteiger partial charge >= 0.3 is 0 Å². The second-order valence-electron chi connectivity index (χ2n) is 1.85. The highest BCUT2D eigenvalue weighted by Gasteiger charge is 2.00. The van der Waals surface area contributed by atoms with Crippen molar-refractivity contribution >= 4 is 0 Å². The Bertz CT molecular complexity index is 47.8. The molecule has 0 amide bonds. The molecule has 2 heteroatoms. The summed E-state index contributed by atoms with van der Waals surface area (Å²) in [4.78, 5) is 0. The summed E-state index contributed by atoms with van der Waals surface area (Å²) < 4.78 is 12.2. The van der Waals surface area contributed by atoms with Crippen LogP contribution in [0.4, 0.5) is 4.39 Å². The third-order valence-electron chi connectivity index (χ3n) is 1.10. The van der Waals surface area contributed by atoms with Gasteiger partial charge in [0.05, 0.1) is 12.8 Å². The van der Waals surface area contributed by atoms with E-state index in [2.05, 4.69) is 0 Å². The molecule has 0 aromatic carbocycles. The van der Waals surface area contributed by atoms with Crippen LogP contribution in [0.25, 0.3) is 0 Å². The predicted octanol–water partition coefficient (Wildman–Crippen LogP) is 1.95. The Morgan fingerprint density at radius 2 is 2.25 bits per heavy atom. The van der Waals surface area contributed by atoms with Crippen LogP contribution in [0.3, 0.4) is 0 Å². The average Bonchev–Trinajstić information content (AvgIpc) is 1.83. The van der Waals surface area contributed by atoms with Gasteiger partial charge in [0.25, 0.3) is 0 Å². The zero-order chi connectivity index (χ0) is 6.41. The van der Waals surface area contributed by atoms with Crippen LogP contribution < -0.4 is 0 Å². The van der Waals surface area contributed by atoms with Crippen molar-refractivity contribution in [3.8, 4) is 0 Å². The fraction of sp³-hybridized carbons (Fsp3) is 1.00. The third-order valence-corrected chi connectivity index (χ3v) is 1.10. The summed E-state index contributed by atoms with van der Waals surface area (Å²) in [5.74, 6) is 0. The van der Waals surface area contributed by atoms with E-state index in [1.165, 1.54) is 0 Å². The van der Waals surface area contributed by atoms with Crippen molar-refractivity contribution in [2.75, 3.05) is 6.61 Å². The van der Waals surface area contributed by atoms with Crippen molar-refractivity contribution in [3.63, 3.8) is 0 Å². The Labute approximate surface area is 49.5 Å². The van der Waals surface area contributed by atoms with Gasteiger partial charge in [-0.25, -0.2) is 9.50 Å². The highest BCUT2D eigenvalue weighted by molar-refractivity contribution is 4.50. The van der Waals surface area contributed by atoms with E-state index >= 15 is 0 Å². The number of hydrogen-bond donors (Lipinski definition) is 0. The molecule has 1 atom stereocenters. The Hall–Kier alpha value is -0.110. The Morgan fingerprint density at radius 1 is 1.62 bits per heavy atom. The van der Waals surface area contributed by atoms with Gasteiger partial charge < -0.3 is 0 Å². The van der Waals surface area contributed by atoms with Crippen LogP contribution in [0.15, 0.2) is 0 Å². The van der Waals surface area contributed by atoms with Crippen LogP contribution in [-0.4, -0.2) is 12.8 Å². The molecule has 0 N–H and O–H groups in total. The van der Waals surface area contributed by atoms with E-state index in [9.17, 15) is 9.50 Å². The molecule has 1 unspecified atom stereocenters. The van der Waals surface area contributed by atoms with E-state index in [1.54, 1.807) is 6.92 Å². The highest BCUT2D eigenvalue weighted by Crippen LogP contribution is 2.04. The van der Waals surface area contributed by atoms with Gasteiger partial charge in [-0.2, -0.15) is 0 Å². The lowest BCUT2D eigenvalue weighted by atomic mass is 10.2. The highest BCUT2D eigenvalue weighted by atomic mass is 19.1. The van der Waals surface area contributed by atoms with Gasteiger partial charge in [-0.1, -0.05) is 6.92 Å². The van der Waals surface area contributed by atoms with E-state index in [0.29, 0.717) is 19.3 Å². The summed E-state index contributed by atoms with van der Waals surface area (Å²) in [7, 11) is 0. The van der Waals surface area contributed by atoms with Crippen molar-refractivity contribution in [3.05, 3.63) is 0 Å². The van der Waals surface area contributed by atoms with E-state index in [0.717, 1.165) is 0 Å². The predicted molar refractivity (Wildman–Crippen MR) is 30.0 cm³/mol. The van der Waals surface area contributed by atoms with Crippen LogP contribution in [0.2, 0.25) is 0 Å². The molecule has 0 aromatic heterocycles. The van der Waals surface area contributed by atoms with Crippen molar-refractivity contribution in [2.45, 2.75) is 32.4 Å². The lowest BCUT2D eigenvalue weighted by Gasteiger charge is -1.99. The number of hydrogen-bond acceptors (Lipinski definition) is 0. The second-order valence-corrected chi connectivity index (χ2v) is 1.85. The lowest BCUT2D eigenvalue weighted by Crippen LogP contribution is -1.97. The smallest absolute Gasteiger partial charge is 0.0999 e. The van der Waals surface area contributed by atoms with Gasteiger partial charge in [-0.05, 0) is 19.3 Å². The van der Waals surface area contributed by atoms with Gasteiger partial charge in [-0.15, -0.1) is 0 Å². The van der Waals surface area contributed by atoms with Gasteiger partial charge in [0.2, 0.25) is 0 Å². The molecule has 8 heavy (non-hydrogen) atoms. The van der Waals surface area contributed by atoms with E-state index < -0.39 is 6.17 Å². The molecule has 0 heterocycles. The number of halogens is 1. The molecule has 0 saturated heterocycles. The first kappa shape index (κ1) is 7.89. The Kier molecular flexibility index (Phi) is 4.97. The van der Waals surface area contributed by atoms with Crippen LogP contribution in [0.1, 0.15) is 26.2 Å². The first-order valence-corrected chi connectivity index (χ1v) is 3.03. The maximum absolute atomic E-state index is 12.2. The molecule has 0 aromatic rings. The van der Waals surface area contributed by atoms with Crippen LogP contribution >= 0.6 is 0 Å². The molecule has 0 bridgehead atoms. The molecular weight excluding hydrogens is 107 g/mol. The molecular formula is C6H12FO. The SMILES string of the molecule is CCC(F)CCC[O]. The summed E-state index contributed by atoms with van der Waals surface area (Å²) in [6, 6.07) is 0. The lowest BCUT2D eigenvalue weighted by molar-refractivity contribution is 0.172. The van der Waals surface area contributed by atoms with Crippen LogP contribution in [-0.2, 0) is 5.11 Å². The van der Waals surface area contributed by atoms with E-state index in [-0.39, 0.29) is 6.61 Å². The minimum absolute atomic E-state index is 0.138. The quantitative estimate of drug-likeness (QED) is 0.539. The molecule has 1 nitrogen and oxygen atoms in total. The molecule has 0 aliphatic carbocycles. The molecule has 0 saturated carbocycles. The molecule has 0 aliphatic heterocycles. The van der Waals surface area contributed by atoms with Gasteiger partial charge in [0, 0.05) is 0 Å². The van der Waals surface area contributed by atoms with Crippen LogP contribution in [0.5, 0.6) is 0 Å². The zero-order valence-electron chi connectivity index (χ0n) is 5.19. The fourth-order valence-corrected chi connectivity index (χ4v) is 0.509. The third kappa shape index (κ3) is 4.06. The average molecular weight is 119 g/mol. The Balaban J connectivity index is 2.86. The molecule has 1 radical (unpaired) electrons. The maximum atomic E-state index is 12.2. The first-order valence-electron chi connectivity index (χ1n) is 3.03. The maximum Gasteiger partial charge on any atom is 0.0999 e. The summed E-state index contributed by atoms with van der Waals surface area (Å²) in [5, 5.41) is 9.78. The summed E-state index contributed by atoms with van der Waals surface area (Å²) in [5.41, 5.74) is 0. The van der Waals surface area contributed by atoms with E-state index in [1.807, 2.05) is 0 Å². The van der Waals surface area contributed by atoms with Crippen molar-refractivity contribution in [1.82, 2.24) is 0 Å². The van der Waals surface area contributed by atoms with Gasteiger partial charge in [0.1, 0.15) is 0 Å². The molecule has 49 valence electrons. The van der Waals surface area contributed by atoms with Crippen molar-refractivity contribution < 1.29 is 9.50 Å². The normalized spacial score (nSPS) is 13.9. The monoisotopic (exact) mass is 119 g/mol. The van der Waals surface area contributed by atoms with Gasteiger partial charge in [-0.3, -0.25) is 0 Å². The topological polar surface area (TPSA) is 19.9 Å². The minimum Gasteiger partial charge on any atom is -0.248 e. The first-order chi connectivity index (χ1) is 3.81. The number of alkyl halides is 1. The summed E-state index contributed by atoms with van der Waals surface area (Å²) in [6.07, 6.45) is 0.721. The Morgan fingerprint density at radius 3 is 2.62 bits per heavy atom. The van der Waals surface area contributed by atoms with E-state index in [4.69, 9.17) is 0 Å². The van der Waals surface area contributed by atoms with Crippen molar-refractivity contribution in [2.24, 2.45) is 0 Å². The molecule has 0 aliphatic rings. The summed E-state index contributed by atoms with van der Waals surface area (Å²) >= 11 is 0. The van der Waals surface area contributed by atoms with Crippen molar-refractivity contribution in [1.29, 1.82) is 0 Å². The summed E-state index contributed by atoms with van der Waals surface area (Å²) in [6.45, 7) is 1.65. The van der Waals surface area contributed by atoms with Gasteiger partial charge in [0.15, 0.2) is 0 Å². The molecule has 0 fully saturated rings.